The smallest absolute Gasteiger partial charge is 0.231 e. The van der Waals surface area contributed by atoms with Crippen molar-refractivity contribution in [2.45, 2.75) is 50.6 Å². The average molecular weight is 381 g/mol. The van der Waals surface area contributed by atoms with E-state index in [1.54, 1.807) is 0 Å². The van der Waals surface area contributed by atoms with Gasteiger partial charge in [0.05, 0.1) is 5.92 Å². The van der Waals surface area contributed by atoms with Gasteiger partial charge in [-0.15, -0.1) is 0 Å². The third-order valence-electron chi connectivity index (χ3n) is 6.26. The molecule has 1 amide bonds. The second-order valence-electron chi connectivity index (χ2n) is 7.86. The summed E-state index contributed by atoms with van der Waals surface area (Å²) in [5.41, 5.74) is 1.22. The zero-order valence-corrected chi connectivity index (χ0v) is 16.1. The first kappa shape index (κ1) is 18.2. The third-order valence-corrected chi connectivity index (χ3v) is 7.49. The summed E-state index contributed by atoms with van der Waals surface area (Å²) in [7, 11) is 0. The van der Waals surface area contributed by atoms with Crippen molar-refractivity contribution < 1.29 is 13.6 Å². The molecule has 0 aromatic heterocycles. The van der Waals surface area contributed by atoms with Crippen LogP contribution in [0.4, 0.5) is 8.78 Å². The minimum atomic E-state index is -0.847. The van der Waals surface area contributed by atoms with Crippen LogP contribution in [-0.2, 0) is 11.2 Å². The number of carbonyl (C=O) groups is 1. The predicted molar refractivity (Wildman–Crippen MR) is 100 cm³/mol. The van der Waals surface area contributed by atoms with Crippen LogP contribution in [0.25, 0.3) is 0 Å². The monoisotopic (exact) mass is 380 g/mol. The lowest BCUT2D eigenvalue weighted by atomic mass is 9.81. The maximum atomic E-state index is 13.9. The molecule has 0 bridgehead atoms. The molecule has 1 aliphatic carbocycles. The number of likely N-dealkylation sites (tertiary alicyclic amines) is 1. The molecule has 2 unspecified atom stereocenters. The number of hydrogen-bond acceptors (Lipinski definition) is 3. The fraction of sp³-hybridized carbons (Fsp3) is 0.650. The number of halogens is 2. The lowest BCUT2D eigenvalue weighted by Crippen LogP contribution is -2.64. The van der Waals surface area contributed by atoms with E-state index >= 15 is 0 Å². The maximum absolute atomic E-state index is 13.9. The molecule has 1 aromatic carbocycles. The molecule has 2 fully saturated rings. The lowest BCUT2D eigenvalue weighted by molar-refractivity contribution is -0.145. The Morgan fingerprint density at radius 1 is 1.15 bits per heavy atom. The molecule has 2 saturated heterocycles. The van der Waals surface area contributed by atoms with E-state index in [2.05, 4.69) is 11.8 Å². The van der Waals surface area contributed by atoms with Crippen molar-refractivity contribution in [3.63, 3.8) is 0 Å². The van der Waals surface area contributed by atoms with E-state index < -0.39 is 11.6 Å². The number of carbonyl (C=O) groups excluding carboxylic acids is 1. The summed E-state index contributed by atoms with van der Waals surface area (Å²) in [6.45, 7) is 4.97. The van der Waals surface area contributed by atoms with Gasteiger partial charge >= 0.3 is 0 Å². The van der Waals surface area contributed by atoms with Crippen molar-refractivity contribution in [3.8, 4) is 0 Å². The molecule has 0 saturated carbocycles. The number of fused-ring (bicyclic) bond motifs is 1. The van der Waals surface area contributed by atoms with Gasteiger partial charge in [-0.25, -0.2) is 8.78 Å². The van der Waals surface area contributed by atoms with E-state index in [9.17, 15) is 13.6 Å². The van der Waals surface area contributed by atoms with Gasteiger partial charge < -0.3 is 4.90 Å². The quantitative estimate of drug-likeness (QED) is 0.780. The molecule has 2 aliphatic heterocycles. The van der Waals surface area contributed by atoms with Gasteiger partial charge in [-0.05, 0) is 62.3 Å². The predicted octanol–water partition coefficient (Wildman–Crippen LogP) is 3.77. The fourth-order valence-corrected chi connectivity index (χ4v) is 5.97. The number of thioether (sulfide) groups is 1. The zero-order chi connectivity index (χ0) is 18.3. The van der Waals surface area contributed by atoms with Crippen LogP contribution >= 0.6 is 11.8 Å². The van der Waals surface area contributed by atoms with E-state index in [1.165, 1.54) is 25.0 Å². The normalized spacial score (nSPS) is 29.7. The summed E-state index contributed by atoms with van der Waals surface area (Å²) in [5.74, 6) is -0.0681. The van der Waals surface area contributed by atoms with Gasteiger partial charge in [-0.1, -0.05) is 0 Å². The SMILES string of the molecule is CC1(N2CCCC2)CSCCN1C(=O)C1CCCc2cc(F)c(F)cc21. The number of benzene rings is 1. The van der Waals surface area contributed by atoms with Gasteiger partial charge in [0.2, 0.25) is 5.91 Å². The Kier molecular flexibility index (Phi) is 4.99. The Labute approximate surface area is 158 Å². The Morgan fingerprint density at radius 3 is 2.65 bits per heavy atom. The minimum absolute atomic E-state index is 0.0895. The highest BCUT2D eigenvalue weighted by molar-refractivity contribution is 7.99. The van der Waals surface area contributed by atoms with Crippen LogP contribution < -0.4 is 0 Å². The van der Waals surface area contributed by atoms with Gasteiger partial charge in [0.15, 0.2) is 11.6 Å². The second-order valence-corrected chi connectivity index (χ2v) is 8.97. The maximum Gasteiger partial charge on any atom is 0.231 e. The minimum Gasteiger partial charge on any atom is -0.322 e. The first-order valence-electron chi connectivity index (χ1n) is 9.63. The van der Waals surface area contributed by atoms with Crippen molar-refractivity contribution in [3.05, 3.63) is 34.9 Å². The molecule has 6 heteroatoms. The van der Waals surface area contributed by atoms with Crippen LogP contribution in [0.1, 0.15) is 49.7 Å². The highest BCUT2D eigenvalue weighted by Crippen LogP contribution is 2.39. The van der Waals surface area contributed by atoms with Crippen LogP contribution in [0.15, 0.2) is 12.1 Å². The van der Waals surface area contributed by atoms with Gasteiger partial charge in [-0.2, -0.15) is 11.8 Å². The van der Waals surface area contributed by atoms with Crippen molar-refractivity contribution >= 4 is 17.7 Å². The standard InChI is InChI=1S/C20H26F2N2OS/c1-20(23-7-2-3-8-23)13-26-10-9-24(20)19(25)15-6-4-5-14-11-17(21)18(22)12-16(14)15/h11-12,15H,2-10,13H2,1H3. The molecule has 3 aliphatic rings. The average Bonchev–Trinajstić information content (AvgIpc) is 3.18. The number of nitrogens with zero attached hydrogens (tertiary/aromatic N) is 2. The highest BCUT2D eigenvalue weighted by atomic mass is 32.2. The molecule has 1 aromatic rings. The molecular formula is C20H26F2N2OS. The second kappa shape index (κ2) is 7.12. The van der Waals surface area contributed by atoms with Gasteiger partial charge in [0.1, 0.15) is 5.66 Å². The lowest BCUT2D eigenvalue weighted by Gasteiger charge is -2.51. The van der Waals surface area contributed by atoms with E-state index in [-0.39, 0.29) is 17.5 Å². The number of rotatable bonds is 2. The Bertz CT molecular complexity index is 707. The molecule has 2 heterocycles. The van der Waals surface area contributed by atoms with Crippen molar-refractivity contribution in [1.82, 2.24) is 9.80 Å². The summed E-state index contributed by atoms with van der Waals surface area (Å²) in [6, 6.07) is 2.55. The largest absolute Gasteiger partial charge is 0.322 e. The summed E-state index contributed by atoms with van der Waals surface area (Å²) in [6.07, 6.45) is 4.64. The Balaban J connectivity index is 1.66. The van der Waals surface area contributed by atoms with E-state index in [1.807, 2.05) is 16.7 Å². The summed E-state index contributed by atoms with van der Waals surface area (Å²) in [5, 5.41) is 0. The van der Waals surface area contributed by atoms with Gasteiger partial charge in [0, 0.05) is 31.1 Å². The van der Waals surface area contributed by atoms with E-state index in [0.717, 1.165) is 56.0 Å². The van der Waals surface area contributed by atoms with Crippen LogP contribution in [0.5, 0.6) is 0 Å². The van der Waals surface area contributed by atoms with Gasteiger partial charge in [0.25, 0.3) is 0 Å². The highest BCUT2D eigenvalue weighted by Gasteiger charge is 2.45. The fourth-order valence-electron chi connectivity index (χ4n) is 4.79. The number of aryl methyl sites for hydroxylation is 1. The number of amides is 1. The van der Waals surface area contributed by atoms with Gasteiger partial charge in [-0.3, -0.25) is 9.69 Å². The van der Waals surface area contributed by atoms with E-state index in [0.29, 0.717) is 5.56 Å². The molecule has 3 nitrogen and oxygen atoms in total. The summed E-state index contributed by atoms with van der Waals surface area (Å²) in [4.78, 5) is 18.0. The third kappa shape index (κ3) is 3.05. The molecule has 4 rings (SSSR count). The molecule has 0 radical (unpaired) electrons. The van der Waals surface area contributed by atoms with Crippen LogP contribution in [0.3, 0.4) is 0 Å². The van der Waals surface area contributed by atoms with Crippen molar-refractivity contribution in [2.24, 2.45) is 0 Å². The molecule has 142 valence electrons. The van der Waals surface area contributed by atoms with Crippen LogP contribution in [0.2, 0.25) is 0 Å². The molecular weight excluding hydrogens is 354 g/mol. The zero-order valence-electron chi connectivity index (χ0n) is 15.3. The van der Waals surface area contributed by atoms with Crippen LogP contribution in [-0.4, -0.2) is 52.5 Å². The summed E-state index contributed by atoms with van der Waals surface area (Å²) >= 11 is 1.90. The van der Waals surface area contributed by atoms with Crippen LogP contribution in [0, 0.1) is 11.6 Å². The molecule has 0 N–H and O–H groups in total. The first-order chi connectivity index (χ1) is 12.5. The molecule has 2 atom stereocenters. The first-order valence-corrected chi connectivity index (χ1v) is 10.8. The Morgan fingerprint density at radius 2 is 1.88 bits per heavy atom. The Hall–Kier alpha value is -1.14. The van der Waals surface area contributed by atoms with E-state index in [4.69, 9.17) is 0 Å². The summed E-state index contributed by atoms with van der Waals surface area (Å²) < 4.78 is 27.5. The van der Waals surface area contributed by atoms with Crippen molar-refractivity contribution in [2.75, 3.05) is 31.1 Å². The number of hydrogen-bond donors (Lipinski definition) is 0. The molecule has 26 heavy (non-hydrogen) atoms. The molecule has 0 spiro atoms. The topological polar surface area (TPSA) is 23.6 Å². The van der Waals surface area contributed by atoms with Crippen molar-refractivity contribution in [1.29, 1.82) is 0 Å².